The van der Waals surface area contributed by atoms with Gasteiger partial charge in [-0.2, -0.15) is 0 Å². The van der Waals surface area contributed by atoms with Crippen molar-refractivity contribution in [3.05, 3.63) is 70.3 Å². The third kappa shape index (κ3) is 4.00. The van der Waals surface area contributed by atoms with Gasteiger partial charge < -0.3 is 15.7 Å². The molecule has 0 fully saturated rings. The molecule has 0 saturated heterocycles. The van der Waals surface area contributed by atoms with Crippen molar-refractivity contribution in [2.24, 2.45) is 0 Å². The highest BCUT2D eigenvalue weighted by atomic mass is 16.6. The van der Waals surface area contributed by atoms with E-state index in [-0.39, 0.29) is 11.4 Å². The first kappa shape index (κ1) is 16.4. The molecule has 0 aromatic heterocycles. The van der Waals surface area contributed by atoms with E-state index in [1.807, 2.05) is 18.0 Å². The lowest BCUT2D eigenvalue weighted by Gasteiger charge is -2.21. The number of hydrogen-bond acceptors (Lipinski definition) is 5. The molecule has 0 saturated carbocycles. The second kappa shape index (κ2) is 6.83. The highest BCUT2D eigenvalue weighted by Gasteiger charge is 2.09. The van der Waals surface area contributed by atoms with E-state index in [2.05, 4.69) is 6.58 Å². The molecule has 0 aliphatic heterocycles. The number of non-ortho nitro benzene ring substituents is 1. The Balaban J connectivity index is 2.03. The number of rotatable bonds is 6. The summed E-state index contributed by atoms with van der Waals surface area (Å²) >= 11 is 0. The smallest absolute Gasteiger partial charge is 0.269 e. The summed E-state index contributed by atoms with van der Waals surface area (Å²) in [6, 6.07) is 11.8. The van der Waals surface area contributed by atoms with E-state index in [0.29, 0.717) is 17.8 Å². The Bertz CT molecular complexity index is 726. The average molecular weight is 313 g/mol. The lowest BCUT2D eigenvalue weighted by atomic mass is 10.1. The minimum atomic E-state index is -0.410. The molecule has 0 bridgehead atoms. The average Bonchev–Trinajstić information content (AvgIpc) is 2.52. The number of likely N-dealkylation sites (N-methyl/N-ethyl adjacent to an activating group) is 1. The van der Waals surface area contributed by atoms with Crippen molar-refractivity contribution in [1.82, 2.24) is 0 Å². The van der Waals surface area contributed by atoms with E-state index in [1.54, 1.807) is 24.3 Å². The van der Waals surface area contributed by atoms with Gasteiger partial charge in [0.25, 0.3) is 5.69 Å². The summed E-state index contributed by atoms with van der Waals surface area (Å²) in [5.74, 6) is -0.0169. The van der Waals surface area contributed by atoms with Crippen molar-refractivity contribution in [2.75, 3.05) is 24.2 Å². The summed E-state index contributed by atoms with van der Waals surface area (Å²) < 4.78 is 0. The predicted molar refractivity (Wildman–Crippen MR) is 92.6 cm³/mol. The molecule has 23 heavy (non-hydrogen) atoms. The van der Waals surface area contributed by atoms with Gasteiger partial charge in [0.2, 0.25) is 0 Å². The van der Waals surface area contributed by atoms with Gasteiger partial charge >= 0.3 is 0 Å². The van der Waals surface area contributed by atoms with Gasteiger partial charge in [-0.1, -0.05) is 18.7 Å². The summed E-state index contributed by atoms with van der Waals surface area (Å²) in [7, 11) is 1.92. The summed E-state index contributed by atoms with van der Waals surface area (Å²) in [5, 5.41) is 20.0. The molecule has 6 nitrogen and oxygen atoms in total. The van der Waals surface area contributed by atoms with Gasteiger partial charge in [-0.25, -0.2) is 0 Å². The van der Waals surface area contributed by atoms with Gasteiger partial charge in [-0.15, -0.1) is 0 Å². The number of benzene rings is 2. The molecular formula is C17H19N3O3. The summed E-state index contributed by atoms with van der Waals surface area (Å²) in [6.07, 6.45) is 0.738. The van der Waals surface area contributed by atoms with E-state index in [0.717, 1.165) is 17.7 Å². The SMILES string of the molecule is C=C(O)c1ccc(N(C)CCc2ccc([N+](=O)[O-])cc2)c(N)c1. The Morgan fingerprint density at radius 3 is 2.48 bits per heavy atom. The molecule has 0 unspecified atom stereocenters. The molecule has 0 heterocycles. The van der Waals surface area contributed by atoms with Crippen molar-refractivity contribution >= 4 is 22.8 Å². The zero-order chi connectivity index (χ0) is 17.0. The Labute approximate surface area is 134 Å². The normalized spacial score (nSPS) is 10.3. The van der Waals surface area contributed by atoms with E-state index in [9.17, 15) is 15.2 Å². The van der Waals surface area contributed by atoms with E-state index >= 15 is 0 Å². The molecule has 3 N–H and O–H groups in total. The summed E-state index contributed by atoms with van der Waals surface area (Å²) in [5.41, 5.74) is 9.13. The molecule has 2 aromatic rings. The van der Waals surface area contributed by atoms with Crippen molar-refractivity contribution in [3.63, 3.8) is 0 Å². The van der Waals surface area contributed by atoms with Crippen LogP contribution in [0.15, 0.2) is 49.0 Å². The number of nitrogen functional groups attached to an aromatic ring is 1. The fraction of sp³-hybridized carbons (Fsp3) is 0.176. The molecule has 0 spiro atoms. The van der Waals surface area contributed by atoms with Crippen LogP contribution >= 0.6 is 0 Å². The first-order chi connectivity index (χ1) is 10.9. The molecule has 2 rings (SSSR count). The van der Waals surface area contributed by atoms with Gasteiger partial charge in [0, 0.05) is 31.3 Å². The molecule has 0 amide bonds. The topological polar surface area (TPSA) is 92.6 Å². The van der Waals surface area contributed by atoms with Crippen LogP contribution in [0.4, 0.5) is 17.1 Å². The summed E-state index contributed by atoms with van der Waals surface area (Å²) in [4.78, 5) is 12.2. The molecule has 6 heteroatoms. The van der Waals surface area contributed by atoms with E-state index in [4.69, 9.17) is 5.73 Å². The predicted octanol–water partition coefficient (Wildman–Crippen LogP) is 3.38. The molecular weight excluding hydrogens is 294 g/mol. The minimum Gasteiger partial charge on any atom is -0.508 e. The molecule has 120 valence electrons. The Kier molecular flexibility index (Phi) is 4.85. The highest BCUT2D eigenvalue weighted by molar-refractivity contribution is 5.72. The van der Waals surface area contributed by atoms with Gasteiger partial charge in [0.1, 0.15) is 5.76 Å². The van der Waals surface area contributed by atoms with Crippen LogP contribution in [0.1, 0.15) is 11.1 Å². The number of nitro benzene ring substituents is 1. The van der Waals surface area contributed by atoms with Crippen molar-refractivity contribution in [3.8, 4) is 0 Å². The van der Waals surface area contributed by atoms with Crippen molar-refractivity contribution < 1.29 is 10.0 Å². The van der Waals surface area contributed by atoms with Gasteiger partial charge in [-0.3, -0.25) is 10.1 Å². The first-order valence-electron chi connectivity index (χ1n) is 7.10. The highest BCUT2D eigenvalue weighted by Crippen LogP contribution is 2.25. The number of nitrogens with zero attached hydrogens (tertiary/aromatic N) is 2. The number of aliphatic hydroxyl groups is 1. The monoisotopic (exact) mass is 313 g/mol. The van der Waals surface area contributed by atoms with Crippen LogP contribution in [0.2, 0.25) is 0 Å². The van der Waals surface area contributed by atoms with E-state index < -0.39 is 4.92 Å². The van der Waals surface area contributed by atoms with Crippen LogP contribution in [-0.4, -0.2) is 23.6 Å². The third-order valence-corrected chi connectivity index (χ3v) is 3.66. The quantitative estimate of drug-likeness (QED) is 0.369. The zero-order valence-corrected chi connectivity index (χ0v) is 12.9. The van der Waals surface area contributed by atoms with Gasteiger partial charge in [-0.05, 0) is 30.2 Å². The van der Waals surface area contributed by atoms with Crippen LogP contribution in [0.3, 0.4) is 0 Å². The van der Waals surface area contributed by atoms with Crippen LogP contribution in [-0.2, 0) is 6.42 Å². The number of nitro groups is 1. The Morgan fingerprint density at radius 1 is 1.30 bits per heavy atom. The Hall–Kier alpha value is -3.02. The fourth-order valence-corrected chi connectivity index (χ4v) is 2.28. The standard InChI is InChI=1S/C17H19N3O3/c1-12(21)14-5-8-17(16(18)11-14)19(2)10-9-13-3-6-15(7-4-13)20(22)23/h3-8,11,21H,1,9-10,18H2,2H3. The van der Waals surface area contributed by atoms with Gasteiger partial charge in [0.15, 0.2) is 0 Å². The fourth-order valence-electron chi connectivity index (χ4n) is 2.28. The molecule has 0 aliphatic rings. The zero-order valence-electron chi connectivity index (χ0n) is 12.9. The maximum Gasteiger partial charge on any atom is 0.269 e. The van der Waals surface area contributed by atoms with Crippen molar-refractivity contribution in [1.29, 1.82) is 0 Å². The number of hydrogen-bond donors (Lipinski definition) is 2. The number of aliphatic hydroxyl groups excluding tert-OH is 1. The minimum absolute atomic E-state index is 0.0169. The number of nitrogens with two attached hydrogens (primary N) is 1. The van der Waals surface area contributed by atoms with Crippen LogP contribution in [0, 0.1) is 10.1 Å². The van der Waals surface area contributed by atoms with Crippen molar-refractivity contribution in [2.45, 2.75) is 6.42 Å². The molecule has 0 atom stereocenters. The molecule has 0 radical (unpaired) electrons. The molecule has 2 aromatic carbocycles. The van der Waals surface area contributed by atoms with E-state index in [1.165, 1.54) is 12.1 Å². The van der Waals surface area contributed by atoms with Gasteiger partial charge in [0.05, 0.1) is 16.3 Å². The first-order valence-corrected chi connectivity index (χ1v) is 7.10. The Morgan fingerprint density at radius 2 is 1.96 bits per heavy atom. The lowest BCUT2D eigenvalue weighted by molar-refractivity contribution is -0.384. The molecule has 0 aliphatic carbocycles. The second-order valence-corrected chi connectivity index (χ2v) is 5.32. The maximum atomic E-state index is 10.6. The summed E-state index contributed by atoms with van der Waals surface area (Å²) in [6.45, 7) is 4.18. The van der Waals surface area contributed by atoms with Crippen LogP contribution in [0.5, 0.6) is 0 Å². The lowest BCUT2D eigenvalue weighted by Crippen LogP contribution is -2.21. The third-order valence-electron chi connectivity index (χ3n) is 3.66. The maximum absolute atomic E-state index is 10.6. The van der Waals surface area contributed by atoms with Crippen LogP contribution in [0.25, 0.3) is 5.76 Å². The number of anilines is 2. The van der Waals surface area contributed by atoms with Crippen LogP contribution < -0.4 is 10.6 Å². The largest absolute Gasteiger partial charge is 0.508 e. The second-order valence-electron chi connectivity index (χ2n) is 5.32.